The number of amides is 1. The Kier molecular flexibility index (Phi) is 5.83. The zero-order valence-corrected chi connectivity index (χ0v) is 19.1. The lowest BCUT2D eigenvalue weighted by atomic mass is 10.1. The van der Waals surface area contributed by atoms with Gasteiger partial charge in [0.15, 0.2) is 5.65 Å². The number of hydrogen-bond acceptors (Lipinski definition) is 6. The molecule has 0 bridgehead atoms. The highest BCUT2D eigenvalue weighted by molar-refractivity contribution is 5.94. The Morgan fingerprint density at radius 1 is 1.00 bits per heavy atom. The number of halogens is 1. The van der Waals surface area contributed by atoms with E-state index in [0.717, 1.165) is 34.1 Å². The predicted octanol–water partition coefficient (Wildman–Crippen LogP) is 3.49. The normalized spacial score (nSPS) is 14.0. The van der Waals surface area contributed by atoms with E-state index in [2.05, 4.69) is 10.00 Å². The van der Waals surface area contributed by atoms with Crippen LogP contribution in [0.4, 0.5) is 10.2 Å². The number of nitrogens with zero attached hydrogens (tertiary/aromatic N) is 6. The Morgan fingerprint density at radius 2 is 1.71 bits per heavy atom. The lowest BCUT2D eigenvalue weighted by Gasteiger charge is -2.35. The summed E-state index contributed by atoms with van der Waals surface area (Å²) < 4.78 is 20.3. The molecule has 0 unspecified atom stereocenters. The van der Waals surface area contributed by atoms with E-state index in [-0.39, 0.29) is 11.7 Å². The van der Waals surface area contributed by atoms with E-state index in [1.807, 2.05) is 35.9 Å². The van der Waals surface area contributed by atoms with Gasteiger partial charge in [-0.05, 0) is 48.5 Å². The average Bonchev–Trinajstić information content (AvgIpc) is 3.32. The summed E-state index contributed by atoms with van der Waals surface area (Å²) in [4.78, 5) is 26.3. The Labute approximate surface area is 196 Å². The number of piperazine rings is 1. The van der Waals surface area contributed by atoms with E-state index in [4.69, 9.17) is 14.7 Å². The third-order valence-electron chi connectivity index (χ3n) is 6.05. The van der Waals surface area contributed by atoms with E-state index < -0.39 is 0 Å². The fourth-order valence-corrected chi connectivity index (χ4v) is 4.14. The molecule has 0 N–H and O–H groups in total. The molecular formula is C25H25FN6O2. The molecule has 5 rings (SSSR count). The number of hydrogen-bond donors (Lipinski definition) is 0. The van der Waals surface area contributed by atoms with Crippen molar-refractivity contribution in [3.8, 4) is 11.4 Å². The maximum Gasteiger partial charge on any atom is 0.253 e. The van der Waals surface area contributed by atoms with Gasteiger partial charge < -0.3 is 14.5 Å². The van der Waals surface area contributed by atoms with Crippen molar-refractivity contribution >= 4 is 22.8 Å². The summed E-state index contributed by atoms with van der Waals surface area (Å²) in [5.41, 5.74) is 2.13. The zero-order chi connectivity index (χ0) is 23.7. The SMILES string of the molecule is CCc1nc(N2CCN(C(=O)c3ccc(F)cc3)CC2)c2cnn(-c3ccc(OC)cc3)c2n1. The number of benzene rings is 2. The van der Waals surface area contributed by atoms with E-state index in [1.54, 1.807) is 18.2 Å². The molecule has 0 saturated carbocycles. The van der Waals surface area contributed by atoms with Crippen molar-refractivity contribution in [1.29, 1.82) is 0 Å². The summed E-state index contributed by atoms with van der Waals surface area (Å²) in [7, 11) is 1.64. The summed E-state index contributed by atoms with van der Waals surface area (Å²) in [5, 5.41) is 5.46. The third kappa shape index (κ3) is 4.05. The van der Waals surface area contributed by atoms with Gasteiger partial charge in [-0.3, -0.25) is 4.79 Å². The minimum atomic E-state index is -0.351. The summed E-state index contributed by atoms with van der Waals surface area (Å²) >= 11 is 0. The quantitative estimate of drug-likeness (QED) is 0.454. The maximum atomic E-state index is 13.2. The van der Waals surface area contributed by atoms with Crippen LogP contribution in [0.5, 0.6) is 5.75 Å². The summed E-state index contributed by atoms with van der Waals surface area (Å²) in [6.45, 7) is 4.40. The second-order valence-corrected chi connectivity index (χ2v) is 8.09. The van der Waals surface area contributed by atoms with Gasteiger partial charge >= 0.3 is 0 Å². The van der Waals surface area contributed by atoms with Crippen LogP contribution < -0.4 is 9.64 Å². The number of aromatic nitrogens is 4. The molecule has 0 spiro atoms. The Morgan fingerprint density at radius 3 is 2.35 bits per heavy atom. The van der Waals surface area contributed by atoms with Crippen LogP contribution in [0.2, 0.25) is 0 Å². The number of carbonyl (C=O) groups excluding carboxylic acids is 1. The van der Waals surface area contributed by atoms with E-state index >= 15 is 0 Å². The molecule has 4 aromatic rings. The minimum Gasteiger partial charge on any atom is -0.497 e. The summed E-state index contributed by atoms with van der Waals surface area (Å²) in [5.74, 6) is 1.90. The number of carbonyl (C=O) groups is 1. The Bertz CT molecular complexity index is 1310. The molecule has 2 aromatic heterocycles. The number of aryl methyl sites for hydroxylation is 1. The van der Waals surface area contributed by atoms with Crippen molar-refractivity contribution in [2.75, 3.05) is 38.2 Å². The van der Waals surface area contributed by atoms with Crippen molar-refractivity contribution in [3.05, 3.63) is 71.9 Å². The molecule has 8 nitrogen and oxygen atoms in total. The van der Waals surface area contributed by atoms with Gasteiger partial charge in [-0.2, -0.15) is 5.10 Å². The highest BCUT2D eigenvalue weighted by Crippen LogP contribution is 2.27. The van der Waals surface area contributed by atoms with Gasteiger partial charge in [0, 0.05) is 38.2 Å². The van der Waals surface area contributed by atoms with E-state index in [1.165, 1.54) is 24.3 Å². The smallest absolute Gasteiger partial charge is 0.253 e. The van der Waals surface area contributed by atoms with Crippen LogP contribution in [0.1, 0.15) is 23.1 Å². The average molecular weight is 461 g/mol. The molecule has 0 aliphatic carbocycles. The van der Waals surface area contributed by atoms with Gasteiger partial charge in [-0.1, -0.05) is 6.92 Å². The highest BCUT2D eigenvalue weighted by atomic mass is 19.1. The zero-order valence-electron chi connectivity index (χ0n) is 19.1. The standard InChI is InChI=1S/C25H25FN6O2/c1-3-22-28-23(21-16-27-32(24(21)29-22)19-8-10-20(34-2)11-9-19)30-12-14-31(15-13-30)25(33)17-4-6-18(26)7-5-17/h4-11,16H,3,12-15H2,1-2H3. The van der Waals surface area contributed by atoms with Gasteiger partial charge in [0.1, 0.15) is 23.2 Å². The lowest BCUT2D eigenvalue weighted by molar-refractivity contribution is 0.0746. The van der Waals surface area contributed by atoms with Crippen LogP contribution in [0.3, 0.4) is 0 Å². The van der Waals surface area contributed by atoms with Crippen molar-refractivity contribution < 1.29 is 13.9 Å². The van der Waals surface area contributed by atoms with Gasteiger partial charge in [0.2, 0.25) is 0 Å². The van der Waals surface area contributed by atoms with Crippen LogP contribution in [-0.4, -0.2) is 63.8 Å². The molecule has 1 fully saturated rings. The number of methoxy groups -OCH3 is 1. The molecule has 2 aromatic carbocycles. The van der Waals surface area contributed by atoms with Crippen molar-refractivity contribution in [1.82, 2.24) is 24.6 Å². The predicted molar refractivity (Wildman–Crippen MR) is 127 cm³/mol. The maximum absolute atomic E-state index is 13.2. The topological polar surface area (TPSA) is 76.4 Å². The van der Waals surface area contributed by atoms with Crippen LogP contribution in [-0.2, 0) is 6.42 Å². The summed E-state index contributed by atoms with van der Waals surface area (Å²) in [6, 6.07) is 13.4. The molecule has 0 radical (unpaired) electrons. The van der Waals surface area contributed by atoms with Gasteiger partial charge in [0.25, 0.3) is 5.91 Å². The van der Waals surface area contributed by atoms with E-state index in [0.29, 0.717) is 38.2 Å². The third-order valence-corrected chi connectivity index (χ3v) is 6.05. The van der Waals surface area contributed by atoms with Crippen molar-refractivity contribution in [2.24, 2.45) is 0 Å². The molecule has 1 aliphatic rings. The van der Waals surface area contributed by atoms with Crippen molar-refractivity contribution in [3.63, 3.8) is 0 Å². The minimum absolute atomic E-state index is 0.0888. The van der Waals surface area contributed by atoms with Gasteiger partial charge in [-0.25, -0.2) is 19.0 Å². The summed E-state index contributed by atoms with van der Waals surface area (Å²) in [6.07, 6.45) is 2.49. The fraction of sp³-hybridized carbons (Fsp3) is 0.280. The first-order valence-electron chi connectivity index (χ1n) is 11.3. The molecule has 3 heterocycles. The first-order chi connectivity index (χ1) is 16.6. The molecule has 34 heavy (non-hydrogen) atoms. The number of fused-ring (bicyclic) bond motifs is 1. The number of ether oxygens (including phenoxy) is 1. The number of rotatable bonds is 5. The van der Waals surface area contributed by atoms with Gasteiger partial charge in [-0.15, -0.1) is 0 Å². The van der Waals surface area contributed by atoms with Gasteiger partial charge in [0.05, 0.1) is 24.4 Å². The highest BCUT2D eigenvalue weighted by Gasteiger charge is 2.25. The van der Waals surface area contributed by atoms with E-state index in [9.17, 15) is 9.18 Å². The molecule has 1 amide bonds. The first kappa shape index (κ1) is 21.8. The second kappa shape index (κ2) is 9.09. The fourth-order valence-electron chi connectivity index (χ4n) is 4.14. The Balaban J connectivity index is 1.41. The Hall–Kier alpha value is -4.01. The monoisotopic (exact) mass is 460 g/mol. The van der Waals surface area contributed by atoms with Crippen molar-refractivity contribution in [2.45, 2.75) is 13.3 Å². The molecular weight excluding hydrogens is 435 g/mol. The van der Waals surface area contributed by atoms with Crippen LogP contribution in [0.25, 0.3) is 16.7 Å². The number of anilines is 1. The second-order valence-electron chi connectivity index (χ2n) is 8.09. The van der Waals surface area contributed by atoms with Crippen LogP contribution in [0.15, 0.2) is 54.7 Å². The molecule has 9 heteroatoms. The van der Waals surface area contributed by atoms with Crippen LogP contribution in [0, 0.1) is 5.82 Å². The first-order valence-corrected chi connectivity index (χ1v) is 11.3. The molecule has 174 valence electrons. The lowest BCUT2D eigenvalue weighted by Crippen LogP contribution is -2.49. The van der Waals surface area contributed by atoms with Crippen LogP contribution >= 0.6 is 0 Å². The molecule has 0 atom stereocenters. The molecule has 1 aliphatic heterocycles. The molecule has 1 saturated heterocycles. The largest absolute Gasteiger partial charge is 0.497 e.